The van der Waals surface area contributed by atoms with Crippen LogP contribution >= 0.6 is 0 Å². The summed E-state index contributed by atoms with van der Waals surface area (Å²) in [6, 6.07) is 13.6. The number of ether oxygens (including phenoxy) is 1. The van der Waals surface area contributed by atoms with Gasteiger partial charge < -0.3 is 19.6 Å². The van der Waals surface area contributed by atoms with Gasteiger partial charge in [-0.25, -0.2) is 4.39 Å². The molecule has 32 heavy (non-hydrogen) atoms. The Balaban J connectivity index is 2.00. The first-order valence-corrected chi connectivity index (χ1v) is 9.44. The summed E-state index contributed by atoms with van der Waals surface area (Å²) in [5.74, 6) is 0.896. The molecular weight excluding hydrogens is 413 g/mol. The van der Waals surface area contributed by atoms with E-state index in [9.17, 15) is 18.8 Å². The third-order valence-corrected chi connectivity index (χ3v) is 4.78. The van der Waals surface area contributed by atoms with E-state index < -0.39 is 17.3 Å². The van der Waals surface area contributed by atoms with E-state index in [1.165, 1.54) is 34.9 Å². The molecule has 0 radical (unpaired) electrons. The van der Waals surface area contributed by atoms with Gasteiger partial charge in [-0.3, -0.25) is 14.4 Å². The Morgan fingerprint density at radius 3 is 2.47 bits per heavy atom. The minimum absolute atomic E-state index is 0.0531. The van der Waals surface area contributed by atoms with Gasteiger partial charge in [-0.2, -0.15) is 0 Å². The third kappa shape index (κ3) is 3.87. The molecule has 0 aliphatic carbocycles. The minimum atomic E-state index is -0.746. The van der Waals surface area contributed by atoms with E-state index in [1.807, 2.05) is 5.92 Å². The first-order valence-electron chi connectivity index (χ1n) is 9.44. The first kappa shape index (κ1) is 20.6. The average molecular weight is 429 g/mol. The molecular formula is C24H16FN3O4. The zero-order valence-electron chi connectivity index (χ0n) is 16.8. The number of aromatic nitrogens is 2. The van der Waals surface area contributed by atoms with Crippen LogP contribution in [-0.4, -0.2) is 15.5 Å². The molecule has 0 bridgehead atoms. The predicted molar refractivity (Wildman–Crippen MR) is 119 cm³/mol. The number of halogens is 1. The second kappa shape index (κ2) is 8.24. The smallest absolute Gasteiger partial charge is 0.301 e. The highest BCUT2D eigenvalue weighted by molar-refractivity contribution is 6.04. The van der Waals surface area contributed by atoms with Crippen molar-refractivity contribution in [3.8, 4) is 35.0 Å². The van der Waals surface area contributed by atoms with Crippen molar-refractivity contribution in [1.29, 1.82) is 0 Å². The number of hydrogen-bond acceptors (Lipinski definition) is 4. The van der Waals surface area contributed by atoms with E-state index in [2.05, 4.69) is 10.3 Å². The third-order valence-electron chi connectivity index (χ3n) is 4.78. The molecule has 0 saturated heterocycles. The van der Waals surface area contributed by atoms with Crippen LogP contribution < -0.4 is 21.2 Å². The van der Waals surface area contributed by atoms with Crippen molar-refractivity contribution in [2.75, 3.05) is 5.32 Å². The molecule has 0 saturated carbocycles. The lowest BCUT2D eigenvalue weighted by Crippen LogP contribution is -2.19. The van der Waals surface area contributed by atoms with Crippen molar-refractivity contribution in [3.63, 3.8) is 0 Å². The second-order valence-corrected chi connectivity index (χ2v) is 6.91. The van der Waals surface area contributed by atoms with E-state index in [0.29, 0.717) is 21.9 Å². The molecule has 7 nitrogen and oxygen atoms in total. The summed E-state index contributed by atoms with van der Waals surface area (Å²) in [7, 11) is 1.59. The number of amides is 1. The number of H-pyrrole nitrogens is 1. The van der Waals surface area contributed by atoms with Crippen LogP contribution in [0.25, 0.3) is 21.9 Å². The number of pyridine rings is 2. The molecule has 2 heterocycles. The van der Waals surface area contributed by atoms with Crippen molar-refractivity contribution in [2.45, 2.75) is 0 Å². The Kier molecular flexibility index (Phi) is 5.31. The lowest BCUT2D eigenvalue weighted by Gasteiger charge is -2.15. The summed E-state index contributed by atoms with van der Waals surface area (Å²) in [6.45, 7) is 0. The summed E-state index contributed by atoms with van der Waals surface area (Å²) in [4.78, 5) is 39.7. The molecule has 1 amide bonds. The summed E-state index contributed by atoms with van der Waals surface area (Å²) in [5, 5.41) is 3.43. The largest absolute Gasteiger partial charge is 0.451 e. The number of hydrogen-bond donors (Lipinski definition) is 2. The van der Waals surface area contributed by atoms with Gasteiger partial charge in [0, 0.05) is 29.8 Å². The monoisotopic (exact) mass is 429 g/mol. The van der Waals surface area contributed by atoms with Gasteiger partial charge in [0.05, 0.1) is 0 Å². The molecule has 4 aromatic rings. The average Bonchev–Trinajstić information content (AvgIpc) is 2.79. The number of carbonyl (C=O) groups excluding carboxylic acids is 1. The number of aryl methyl sites for hydroxylation is 1. The van der Waals surface area contributed by atoms with Gasteiger partial charge in [0.25, 0.3) is 11.1 Å². The van der Waals surface area contributed by atoms with E-state index in [4.69, 9.17) is 11.2 Å². The van der Waals surface area contributed by atoms with E-state index in [0.717, 1.165) is 0 Å². The molecule has 0 unspecified atom stereocenters. The number of carbonyl (C=O) groups is 1. The molecule has 158 valence electrons. The molecule has 0 aliphatic rings. The Bertz CT molecular complexity index is 1510. The van der Waals surface area contributed by atoms with Gasteiger partial charge >= 0.3 is 5.91 Å². The fourth-order valence-corrected chi connectivity index (χ4v) is 3.33. The van der Waals surface area contributed by atoms with Gasteiger partial charge in [-0.05, 0) is 47.7 Å². The number of benzene rings is 2. The van der Waals surface area contributed by atoms with Crippen molar-refractivity contribution >= 4 is 22.5 Å². The van der Waals surface area contributed by atoms with E-state index in [1.54, 1.807) is 37.5 Å². The molecule has 4 rings (SSSR count). The molecule has 2 aromatic heterocycles. The topological polar surface area (TPSA) is 93.2 Å². The lowest BCUT2D eigenvalue weighted by molar-refractivity contribution is -0.111. The highest BCUT2D eigenvalue weighted by Crippen LogP contribution is 2.35. The lowest BCUT2D eigenvalue weighted by atomic mass is 10.0. The Labute approximate surface area is 181 Å². The Hall–Kier alpha value is -4.64. The van der Waals surface area contributed by atoms with Gasteiger partial charge in [0.2, 0.25) is 0 Å². The second-order valence-electron chi connectivity index (χ2n) is 6.91. The van der Waals surface area contributed by atoms with Crippen LogP contribution in [0, 0.1) is 18.2 Å². The van der Waals surface area contributed by atoms with E-state index in [-0.39, 0.29) is 22.9 Å². The molecule has 0 spiro atoms. The number of aromatic amines is 1. The fraction of sp³-hybridized carbons (Fsp3) is 0.0417. The molecule has 0 fully saturated rings. The number of fused-ring (bicyclic) bond motifs is 1. The van der Waals surface area contributed by atoms with Crippen LogP contribution in [0.3, 0.4) is 0 Å². The number of anilines is 1. The summed E-state index contributed by atoms with van der Waals surface area (Å²) in [6.07, 6.45) is 6.69. The molecule has 0 aliphatic heterocycles. The fourth-order valence-electron chi connectivity index (χ4n) is 3.33. The van der Waals surface area contributed by atoms with Gasteiger partial charge in [0.1, 0.15) is 17.4 Å². The van der Waals surface area contributed by atoms with Crippen molar-refractivity contribution in [1.82, 2.24) is 9.55 Å². The van der Waals surface area contributed by atoms with E-state index >= 15 is 0 Å². The quantitative estimate of drug-likeness (QED) is 0.487. The van der Waals surface area contributed by atoms with Crippen molar-refractivity contribution < 1.29 is 13.9 Å². The van der Waals surface area contributed by atoms with Gasteiger partial charge in [0.15, 0.2) is 5.75 Å². The summed E-state index contributed by atoms with van der Waals surface area (Å²) in [5.41, 5.74) is -0.0487. The molecule has 0 atom stereocenters. The SMILES string of the molecule is C#CC(=O)Nc1cc(-c2cn(C)c(=O)c3ccccc23)c(Oc2ccc(F)cc2)c(=O)[nH]1. The zero-order valence-corrected chi connectivity index (χ0v) is 16.8. The summed E-state index contributed by atoms with van der Waals surface area (Å²) < 4.78 is 20.5. The predicted octanol–water partition coefficient (Wildman–Crippen LogP) is 3.40. The number of nitrogens with zero attached hydrogens (tertiary/aromatic N) is 1. The van der Waals surface area contributed by atoms with Gasteiger partial charge in [-0.15, -0.1) is 6.42 Å². The Morgan fingerprint density at radius 1 is 1.09 bits per heavy atom. The van der Waals surface area contributed by atoms with Crippen LogP contribution in [0.2, 0.25) is 0 Å². The normalized spacial score (nSPS) is 10.5. The summed E-state index contributed by atoms with van der Waals surface area (Å²) >= 11 is 0. The minimum Gasteiger partial charge on any atom is -0.451 e. The van der Waals surface area contributed by atoms with Crippen molar-refractivity contribution in [2.24, 2.45) is 7.05 Å². The molecule has 2 aromatic carbocycles. The van der Waals surface area contributed by atoms with Crippen LogP contribution in [-0.2, 0) is 11.8 Å². The van der Waals surface area contributed by atoms with Crippen molar-refractivity contribution in [3.05, 3.63) is 87.3 Å². The highest BCUT2D eigenvalue weighted by Gasteiger charge is 2.19. The first-order chi connectivity index (χ1) is 15.4. The maximum atomic E-state index is 13.3. The number of nitrogens with one attached hydrogen (secondary N) is 2. The highest BCUT2D eigenvalue weighted by atomic mass is 19.1. The maximum absolute atomic E-state index is 13.3. The van der Waals surface area contributed by atoms with Crippen LogP contribution in [0.15, 0.2) is 70.4 Å². The Morgan fingerprint density at radius 2 is 1.78 bits per heavy atom. The standard InChI is InChI=1S/C24H16FN3O4/c1-3-21(29)26-20-12-18(19-13-28(2)24(31)17-7-5-4-6-16(17)19)22(23(30)27-20)32-15-10-8-14(25)9-11-15/h1,4-13H,2H3,(H2,26,27,29,30). The van der Waals surface area contributed by atoms with Crippen LogP contribution in [0.5, 0.6) is 11.5 Å². The van der Waals surface area contributed by atoms with Crippen LogP contribution in [0.1, 0.15) is 0 Å². The molecule has 8 heteroatoms. The maximum Gasteiger partial charge on any atom is 0.301 e. The van der Waals surface area contributed by atoms with Gasteiger partial charge in [-0.1, -0.05) is 18.2 Å². The number of rotatable bonds is 4. The van der Waals surface area contributed by atoms with Crippen LogP contribution in [0.4, 0.5) is 10.2 Å². The molecule has 2 N–H and O–H groups in total. The number of terminal acetylenes is 1. The zero-order chi connectivity index (χ0) is 22.8.